The van der Waals surface area contributed by atoms with E-state index in [0.29, 0.717) is 5.69 Å². The molecule has 1 atom stereocenters. The second kappa shape index (κ2) is 5.67. The summed E-state index contributed by atoms with van der Waals surface area (Å²) < 4.78 is 24.8. The highest BCUT2D eigenvalue weighted by molar-refractivity contribution is 6.24. The molecule has 1 unspecified atom stereocenters. The Morgan fingerprint density at radius 3 is 2.59 bits per heavy atom. The van der Waals surface area contributed by atoms with E-state index in [9.17, 15) is 8.78 Å². The molecule has 0 radical (unpaired) electrons. The first-order valence-electron chi connectivity index (χ1n) is 5.71. The fourth-order valence-corrected chi connectivity index (χ4v) is 2.28. The highest BCUT2D eigenvalue weighted by atomic mass is 35.5. The Morgan fingerprint density at radius 1 is 1.41 bits per heavy atom. The maximum absolute atomic E-state index is 12.4. The van der Waals surface area contributed by atoms with Crippen molar-refractivity contribution in [3.05, 3.63) is 29.3 Å². The zero-order valence-electron chi connectivity index (χ0n) is 10.4. The molecule has 4 heteroatoms. The average molecular weight is 262 g/mol. The lowest BCUT2D eigenvalue weighted by Crippen LogP contribution is -2.18. The van der Waals surface area contributed by atoms with E-state index in [1.165, 1.54) is 0 Å². The number of hydrogen-bond acceptors (Lipinski definition) is 1. The second-order valence-electron chi connectivity index (χ2n) is 4.44. The van der Waals surface area contributed by atoms with Gasteiger partial charge in [-0.3, -0.25) is 0 Å². The van der Waals surface area contributed by atoms with Crippen LogP contribution in [0.4, 0.5) is 14.5 Å². The van der Waals surface area contributed by atoms with Crippen LogP contribution in [0.3, 0.4) is 0 Å². The predicted molar refractivity (Wildman–Crippen MR) is 68.9 cm³/mol. The van der Waals surface area contributed by atoms with Crippen molar-refractivity contribution in [3.63, 3.8) is 0 Å². The average Bonchev–Trinajstić information content (AvgIpc) is 2.20. The number of rotatable bonds is 5. The molecule has 96 valence electrons. The van der Waals surface area contributed by atoms with Crippen molar-refractivity contribution in [2.45, 2.75) is 45.0 Å². The van der Waals surface area contributed by atoms with Crippen molar-refractivity contribution >= 4 is 17.3 Å². The van der Waals surface area contributed by atoms with E-state index < -0.39 is 11.4 Å². The lowest BCUT2D eigenvalue weighted by atomic mass is 9.92. The molecule has 17 heavy (non-hydrogen) atoms. The third-order valence-electron chi connectivity index (χ3n) is 2.72. The summed E-state index contributed by atoms with van der Waals surface area (Å²) in [5.41, 5.74) is 2.17. The standard InChI is InChI=1S/C13H18ClF2N/c1-4-7-13(3,14)10-8-9(2)5-6-11(10)17-12(15)16/h5-6,8,12,17H,4,7H2,1-3H3. The molecule has 0 aliphatic rings. The largest absolute Gasteiger partial charge is 0.329 e. The summed E-state index contributed by atoms with van der Waals surface area (Å²) in [7, 11) is 0. The fourth-order valence-electron chi connectivity index (χ4n) is 1.94. The van der Waals surface area contributed by atoms with E-state index >= 15 is 0 Å². The minimum Gasteiger partial charge on any atom is -0.329 e. The minimum absolute atomic E-state index is 0.413. The number of halogens is 3. The van der Waals surface area contributed by atoms with E-state index in [0.717, 1.165) is 24.0 Å². The van der Waals surface area contributed by atoms with Gasteiger partial charge in [0.05, 0.1) is 4.87 Å². The van der Waals surface area contributed by atoms with Gasteiger partial charge in [-0.2, -0.15) is 8.78 Å². The molecule has 1 aromatic rings. The summed E-state index contributed by atoms with van der Waals surface area (Å²) in [5.74, 6) is 0. The molecule has 0 aromatic heterocycles. The highest BCUT2D eigenvalue weighted by Crippen LogP contribution is 2.38. The SMILES string of the molecule is CCCC(C)(Cl)c1cc(C)ccc1NC(F)F. The fraction of sp³-hybridized carbons (Fsp3) is 0.538. The maximum atomic E-state index is 12.4. The number of alkyl halides is 3. The summed E-state index contributed by atoms with van der Waals surface area (Å²) >= 11 is 6.44. The maximum Gasteiger partial charge on any atom is 0.312 e. The van der Waals surface area contributed by atoms with E-state index in [1.54, 1.807) is 12.1 Å². The minimum atomic E-state index is -2.58. The monoisotopic (exact) mass is 261 g/mol. The Balaban J connectivity index is 3.14. The number of aryl methyl sites for hydroxylation is 1. The molecule has 0 bridgehead atoms. The van der Waals surface area contributed by atoms with Crippen LogP contribution < -0.4 is 5.32 Å². The molecule has 1 aromatic carbocycles. The molecule has 0 saturated carbocycles. The number of nitrogens with one attached hydrogen (secondary N) is 1. The third-order valence-corrected chi connectivity index (χ3v) is 3.11. The molecule has 1 N–H and O–H groups in total. The van der Waals surface area contributed by atoms with Gasteiger partial charge >= 0.3 is 6.55 Å². The molecular formula is C13H18ClF2N. The lowest BCUT2D eigenvalue weighted by Gasteiger charge is -2.25. The van der Waals surface area contributed by atoms with Gasteiger partial charge in [-0.25, -0.2) is 0 Å². The van der Waals surface area contributed by atoms with Crippen LogP contribution in [0.2, 0.25) is 0 Å². The van der Waals surface area contributed by atoms with E-state index in [4.69, 9.17) is 11.6 Å². The lowest BCUT2D eigenvalue weighted by molar-refractivity contribution is 0.181. The number of hydrogen-bond donors (Lipinski definition) is 1. The Labute approximate surface area is 106 Å². The first-order valence-corrected chi connectivity index (χ1v) is 6.09. The zero-order chi connectivity index (χ0) is 13.1. The van der Waals surface area contributed by atoms with Gasteiger partial charge in [0, 0.05) is 5.69 Å². The first kappa shape index (κ1) is 14.2. The second-order valence-corrected chi connectivity index (χ2v) is 5.28. The van der Waals surface area contributed by atoms with Crippen molar-refractivity contribution < 1.29 is 8.78 Å². The summed E-state index contributed by atoms with van der Waals surface area (Å²) in [6, 6.07) is 5.33. The van der Waals surface area contributed by atoms with Gasteiger partial charge in [0.15, 0.2) is 0 Å². The summed E-state index contributed by atoms with van der Waals surface area (Å²) in [6.45, 7) is 3.24. The topological polar surface area (TPSA) is 12.0 Å². The van der Waals surface area contributed by atoms with Crippen molar-refractivity contribution in [2.75, 3.05) is 5.32 Å². The van der Waals surface area contributed by atoms with Gasteiger partial charge in [0.1, 0.15) is 0 Å². The first-order chi connectivity index (χ1) is 7.86. The predicted octanol–water partition coefficient (Wildman–Crippen LogP) is 4.88. The smallest absolute Gasteiger partial charge is 0.312 e. The Hall–Kier alpha value is -0.830. The van der Waals surface area contributed by atoms with Crippen LogP contribution in [-0.2, 0) is 4.87 Å². The van der Waals surface area contributed by atoms with E-state index in [2.05, 4.69) is 5.32 Å². The van der Waals surface area contributed by atoms with Crippen LogP contribution in [0.1, 0.15) is 37.8 Å². The molecular weight excluding hydrogens is 244 g/mol. The van der Waals surface area contributed by atoms with Crippen molar-refractivity contribution in [1.29, 1.82) is 0 Å². The van der Waals surface area contributed by atoms with Gasteiger partial charge < -0.3 is 5.32 Å². The highest BCUT2D eigenvalue weighted by Gasteiger charge is 2.26. The molecule has 0 saturated heterocycles. The van der Waals surface area contributed by atoms with Crippen LogP contribution >= 0.6 is 11.6 Å². The quantitative estimate of drug-likeness (QED) is 0.588. The van der Waals surface area contributed by atoms with Crippen LogP contribution in [0.25, 0.3) is 0 Å². The van der Waals surface area contributed by atoms with E-state index in [1.807, 2.05) is 26.8 Å². The molecule has 0 amide bonds. The summed E-state index contributed by atoms with van der Waals surface area (Å²) in [5, 5.41) is 2.15. The van der Waals surface area contributed by atoms with Gasteiger partial charge in [0.25, 0.3) is 0 Å². The zero-order valence-corrected chi connectivity index (χ0v) is 11.1. The summed E-state index contributed by atoms with van der Waals surface area (Å²) in [6.07, 6.45) is 1.65. The van der Waals surface area contributed by atoms with E-state index in [-0.39, 0.29) is 0 Å². The number of anilines is 1. The van der Waals surface area contributed by atoms with Crippen LogP contribution in [0, 0.1) is 6.92 Å². The molecule has 0 aliphatic carbocycles. The molecule has 1 rings (SSSR count). The summed E-state index contributed by atoms with van der Waals surface area (Å²) in [4.78, 5) is -0.613. The van der Waals surface area contributed by atoms with Gasteiger partial charge in [0.2, 0.25) is 0 Å². The van der Waals surface area contributed by atoms with Gasteiger partial charge in [-0.1, -0.05) is 31.0 Å². The Kier molecular flexibility index (Phi) is 4.75. The molecule has 0 aliphatic heterocycles. The van der Waals surface area contributed by atoms with Gasteiger partial charge in [-0.15, -0.1) is 11.6 Å². The molecule has 0 spiro atoms. The van der Waals surface area contributed by atoms with Crippen LogP contribution in [0.5, 0.6) is 0 Å². The third kappa shape index (κ3) is 3.84. The number of benzene rings is 1. The van der Waals surface area contributed by atoms with Crippen molar-refractivity contribution in [1.82, 2.24) is 0 Å². The van der Waals surface area contributed by atoms with Crippen LogP contribution in [-0.4, -0.2) is 6.55 Å². The van der Waals surface area contributed by atoms with Crippen molar-refractivity contribution in [3.8, 4) is 0 Å². The normalized spacial score (nSPS) is 14.8. The van der Waals surface area contributed by atoms with Crippen molar-refractivity contribution in [2.24, 2.45) is 0 Å². The Bertz CT molecular complexity index is 378. The Morgan fingerprint density at radius 2 is 2.06 bits per heavy atom. The molecule has 0 heterocycles. The van der Waals surface area contributed by atoms with Crippen LogP contribution in [0.15, 0.2) is 18.2 Å². The molecule has 0 fully saturated rings. The van der Waals surface area contributed by atoms with Gasteiger partial charge in [-0.05, 0) is 31.9 Å². The molecule has 1 nitrogen and oxygen atoms in total.